The van der Waals surface area contributed by atoms with Gasteiger partial charge in [-0.15, -0.1) is 0 Å². The standard InChI is InChI=1S/C10H15N3O2/c1-7-8(2)13(4-3-9(7)14)5-10-11-6-15-12-10/h6-8H,3-5H2,1-2H3. The number of Topliss-reactive ketones (excluding diaryl/α,β-unsaturated/α-hetero) is 1. The predicted octanol–water partition coefficient (Wildman–Crippen LogP) is 0.869. The fourth-order valence-corrected chi connectivity index (χ4v) is 1.94. The Bertz CT molecular complexity index is 336. The fourth-order valence-electron chi connectivity index (χ4n) is 1.94. The molecule has 15 heavy (non-hydrogen) atoms. The van der Waals surface area contributed by atoms with E-state index in [1.807, 2.05) is 6.92 Å². The number of hydrogen-bond acceptors (Lipinski definition) is 5. The minimum atomic E-state index is 0.102. The average Bonchev–Trinajstić information content (AvgIpc) is 2.72. The zero-order valence-corrected chi connectivity index (χ0v) is 9.01. The van der Waals surface area contributed by atoms with Gasteiger partial charge in [-0.1, -0.05) is 12.1 Å². The molecule has 5 nitrogen and oxygen atoms in total. The number of rotatable bonds is 2. The predicted molar refractivity (Wildman–Crippen MR) is 53.0 cm³/mol. The molecule has 1 aromatic heterocycles. The van der Waals surface area contributed by atoms with E-state index in [-0.39, 0.29) is 12.0 Å². The minimum Gasteiger partial charge on any atom is -0.343 e. The second-order valence-electron chi connectivity index (χ2n) is 4.06. The quantitative estimate of drug-likeness (QED) is 0.723. The molecule has 2 heterocycles. The van der Waals surface area contributed by atoms with Crippen LogP contribution < -0.4 is 0 Å². The number of nitrogens with zero attached hydrogens (tertiary/aromatic N) is 3. The third-order valence-corrected chi connectivity index (χ3v) is 3.20. The summed E-state index contributed by atoms with van der Waals surface area (Å²) in [5.41, 5.74) is 0. The van der Waals surface area contributed by atoms with Gasteiger partial charge in [-0.25, -0.2) is 0 Å². The number of piperidine rings is 1. The summed E-state index contributed by atoms with van der Waals surface area (Å²) in [4.78, 5) is 17.7. The molecule has 2 atom stereocenters. The summed E-state index contributed by atoms with van der Waals surface area (Å²) in [7, 11) is 0. The molecule has 0 bridgehead atoms. The lowest BCUT2D eigenvalue weighted by atomic mass is 9.91. The maximum atomic E-state index is 11.5. The molecule has 0 aliphatic carbocycles. The molecule has 0 N–H and O–H groups in total. The van der Waals surface area contributed by atoms with Gasteiger partial charge in [0.05, 0.1) is 6.54 Å². The van der Waals surface area contributed by atoms with Crippen molar-refractivity contribution in [3.8, 4) is 0 Å². The van der Waals surface area contributed by atoms with Crippen LogP contribution in [0.15, 0.2) is 10.9 Å². The van der Waals surface area contributed by atoms with E-state index in [4.69, 9.17) is 0 Å². The lowest BCUT2D eigenvalue weighted by Gasteiger charge is -2.35. The van der Waals surface area contributed by atoms with Gasteiger partial charge < -0.3 is 4.52 Å². The van der Waals surface area contributed by atoms with Gasteiger partial charge in [0.2, 0.25) is 6.39 Å². The van der Waals surface area contributed by atoms with E-state index in [1.54, 1.807) is 0 Å². The Morgan fingerprint density at radius 1 is 1.60 bits per heavy atom. The Morgan fingerprint density at radius 2 is 2.40 bits per heavy atom. The molecule has 0 amide bonds. The second-order valence-corrected chi connectivity index (χ2v) is 4.06. The maximum Gasteiger partial charge on any atom is 0.213 e. The summed E-state index contributed by atoms with van der Waals surface area (Å²) in [5.74, 6) is 1.14. The van der Waals surface area contributed by atoms with Crippen molar-refractivity contribution < 1.29 is 9.32 Å². The molecule has 1 aromatic rings. The Morgan fingerprint density at radius 3 is 3.07 bits per heavy atom. The zero-order chi connectivity index (χ0) is 10.8. The van der Waals surface area contributed by atoms with Gasteiger partial charge in [0, 0.05) is 24.9 Å². The Labute approximate surface area is 88.5 Å². The van der Waals surface area contributed by atoms with Crippen molar-refractivity contribution in [3.05, 3.63) is 12.2 Å². The summed E-state index contributed by atoms with van der Waals surface area (Å²) in [6.07, 6.45) is 1.96. The first-order valence-electron chi connectivity index (χ1n) is 5.20. The van der Waals surface area contributed by atoms with Crippen LogP contribution in [-0.2, 0) is 11.3 Å². The van der Waals surface area contributed by atoms with Gasteiger partial charge in [-0.05, 0) is 6.92 Å². The van der Waals surface area contributed by atoms with Gasteiger partial charge >= 0.3 is 0 Å². The number of ketones is 1. The molecule has 0 saturated carbocycles. The fraction of sp³-hybridized carbons (Fsp3) is 0.700. The molecule has 2 unspecified atom stereocenters. The number of aromatic nitrogens is 2. The molecule has 82 valence electrons. The van der Waals surface area contributed by atoms with Gasteiger partial charge in [-0.3, -0.25) is 9.69 Å². The molecule has 2 rings (SSSR count). The monoisotopic (exact) mass is 209 g/mol. The highest BCUT2D eigenvalue weighted by molar-refractivity contribution is 5.82. The van der Waals surface area contributed by atoms with Crippen LogP contribution in [0.5, 0.6) is 0 Å². The smallest absolute Gasteiger partial charge is 0.213 e. The first-order chi connectivity index (χ1) is 7.18. The SMILES string of the molecule is CC1C(=O)CCN(Cc2ncon2)C1C. The second kappa shape index (κ2) is 4.10. The summed E-state index contributed by atoms with van der Waals surface area (Å²) in [6.45, 7) is 5.51. The number of carbonyl (C=O) groups is 1. The van der Waals surface area contributed by atoms with Gasteiger partial charge in [0.15, 0.2) is 5.82 Å². The highest BCUT2D eigenvalue weighted by atomic mass is 16.5. The maximum absolute atomic E-state index is 11.5. The molecule has 0 spiro atoms. The molecule has 0 radical (unpaired) electrons. The summed E-state index contributed by atoms with van der Waals surface area (Å²) in [6, 6.07) is 0.254. The van der Waals surface area contributed by atoms with Crippen LogP contribution in [0.1, 0.15) is 26.1 Å². The molecule has 1 aliphatic rings. The van der Waals surface area contributed by atoms with Gasteiger partial charge in [-0.2, -0.15) is 4.98 Å². The van der Waals surface area contributed by atoms with Crippen molar-refractivity contribution in [1.82, 2.24) is 15.0 Å². The molecule has 1 aliphatic heterocycles. The number of carbonyl (C=O) groups excluding carboxylic acids is 1. The molecular weight excluding hydrogens is 194 g/mol. The number of hydrogen-bond donors (Lipinski definition) is 0. The summed E-state index contributed by atoms with van der Waals surface area (Å²) in [5, 5.41) is 3.78. The van der Waals surface area contributed by atoms with Gasteiger partial charge in [0.25, 0.3) is 0 Å². The van der Waals surface area contributed by atoms with Crippen molar-refractivity contribution in [3.63, 3.8) is 0 Å². The van der Waals surface area contributed by atoms with Crippen molar-refractivity contribution in [2.24, 2.45) is 5.92 Å². The first kappa shape index (κ1) is 10.3. The van der Waals surface area contributed by atoms with Crippen LogP contribution >= 0.6 is 0 Å². The van der Waals surface area contributed by atoms with Crippen LogP contribution in [0.2, 0.25) is 0 Å². The first-order valence-corrected chi connectivity index (χ1v) is 5.20. The minimum absolute atomic E-state index is 0.102. The third-order valence-electron chi connectivity index (χ3n) is 3.20. The van der Waals surface area contributed by atoms with Crippen LogP contribution in [0.3, 0.4) is 0 Å². The average molecular weight is 209 g/mol. The van der Waals surface area contributed by atoms with E-state index in [0.717, 1.165) is 6.54 Å². The molecule has 1 fully saturated rings. The van der Waals surface area contributed by atoms with Crippen LogP contribution in [-0.4, -0.2) is 33.4 Å². The van der Waals surface area contributed by atoms with E-state index in [9.17, 15) is 4.79 Å². The largest absolute Gasteiger partial charge is 0.343 e. The molecular formula is C10H15N3O2. The Hall–Kier alpha value is -1.23. The van der Waals surface area contributed by atoms with Crippen LogP contribution in [0.25, 0.3) is 0 Å². The highest BCUT2D eigenvalue weighted by Gasteiger charge is 2.31. The van der Waals surface area contributed by atoms with Crippen molar-refractivity contribution in [2.45, 2.75) is 32.9 Å². The van der Waals surface area contributed by atoms with E-state index in [0.29, 0.717) is 24.6 Å². The van der Waals surface area contributed by atoms with E-state index >= 15 is 0 Å². The van der Waals surface area contributed by atoms with Crippen LogP contribution in [0, 0.1) is 5.92 Å². The summed E-state index contributed by atoms with van der Waals surface area (Å²) < 4.78 is 4.68. The van der Waals surface area contributed by atoms with Crippen molar-refractivity contribution >= 4 is 5.78 Å². The van der Waals surface area contributed by atoms with E-state index in [1.165, 1.54) is 6.39 Å². The van der Waals surface area contributed by atoms with Crippen molar-refractivity contribution in [1.29, 1.82) is 0 Å². The van der Waals surface area contributed by atoms with E-state index in [2.05, 4.69) is 26.5 Å². The van der Waals surface area contributed by atoms with Crippen LogP contribution in [0.4, 0.5) is 0 Å². The molecule has 5 heteroatoms. The van der Waals surface area contributed by atoms with Crippen molar-refractivity contribution in [2.75, 3.05) is 6.54 Å². The zero-order valence-electron chi connectivity index (χ0n) is 9.01. The highest BCUT2D eigenvalue weighted by Crippen LogP contribution is 2.21. The number of likely N-dealkylation sites (tertiary alicyclic amines) is 1. The topological polar surface area (TPSA) is 59.2 Å². The Balaban J connectivity index is 2.01. The van der Waals surface area contributed by atoms with Gasteiger partial charge in [0.1, 0.15) is 5.78 Å². The van der Waals surface area contributed by atoms with E-state index < -0.39 is 0 Å². The molecule has 1 saturated heterocycles. The third kappa shape index (κ3) is 2.07. The normalized spacial score (nSPS) is 28.3. The lowest BCUT2D eigenvalue weighted by molar-refractivity contribution is -0.128. The molecule has 0 aromatic carbocycles. The summed E-state index contributed by atoms with van der Waals surface area (Å²) >= 11 is 0. The Kier molecular flexibility index (Phi) is 2.81. The lowest BCUT2D eigenvalue weighted by Crippen LogP contribution is -2.46.